The van der Waals surface area contributed by atoms with E-state index in [4.69, 9.17) is 10.8 Å². The van der Waals surface area contributed by atoms with Gasteiger partial charge in [0.15, 0.2) is 0 Å². The second-order valence-corrected chi connectivity index (χ2v) is 4.10. The summed E-state index contributed by atoms with van der Waals surface area (Å²) in [6.07, 6.45) is 1.69. The summed E-state index contributed by atoms with van der Waals surface area (Å²) in [5, 5.41) is 8.83. The summed E-state index contributed by atoms with van der Waals surface area (Å²) < 4.78 is 0. The number of nitrogens with zero attached hydrogens (tertiary/aromatic N) is 3. The van der Waals surface area contributed by atoms with Gasteiger partial charge < -0.3 is 15.7 Å². The number of aliphatic carboxylic acids is 1. The number of carbonyl (C=O) groups is 1. The van der Waals surface area contributed by atoms with Gasteiger partial charge in [-0.15, -0.1) is 0 Å². The van der Waals surface area contributed by atoms with Gasteiger partial charge in [-0.3, -0.25) is 4.79 Å². The van der Waals surface area contributed by atoms with Crippen molar-refractivity contribution < 1.29 is 9.90 Å². The molecule has 1 aliphatic rings. The van der Waals surface area contributed by atoms with E-state index in [0.29, 0.717) is 23.8 Å². The number of aromatic nitrogens is 2. The predicted octanol–water partition coefficient (Wildman–Crippen LogP) is 0.458. The number of anilines is 2. The Kier molecular flexibility index (Phi) is 3.12. The molecule has 0 radical (unpaired) electrons. The van der Waals surface area contributed by atoms with Gasteiger partial charge >= 0.3 is 5.97 Å². The average Bonchev–Trinajstić information content (AvgIpc) is 2.18. The lowest BCUT2D eigenvalue weighted by atomic mass is 10.1. The first-order valence-corrected chi connectivity index (χ1v) is 5.73. The molecule has 0 aromatic carbocycles. The van der Waals surface area contributed by atoms with Gasteiger partial charge in [-0.1, -0.05) is 6.92 Å². The number of carboxylic acids is 1. The quantitative estimate of drug-likeness (QED) is 0.789. The number of nitrogens with two attached hydrogens (primary N) is 1. The van der Waals surface area contributed by atoms with E-state index in [9.17, 15) is 4.79 Å². The first kappa shape index (κ1) is 11.6. The van der Waals surface area contributed by atoms with Gasteiger partial charge in [-0.2, -0.15) is 4.98 Å². The summed E-state index contributed by atoms with van der Waals surface area (Å²) in [5.74, 6) is 0.00703. The van der Waals surface area contributed by atoms with Crippen molar-refractivity contribution in [2.24, 2.45) is 0 Å². The lowest BCUT2D eigenvalue weighted by molar-refractivity contribution is -0.136. The lowest BCUT2D eigenvalue weighted by Gasteiger charge is -2.31. The molecule has 6 nitrogen and oxygen atoms in total. The Morgan fingerprint density at radius 3 is 2.65 bits per heavy atom. The van der Waals surface area contributed by atoms with E-state index in [-0.39, 0.29) is 6.42 Å². The van der Waals surface area contributed by atoms with E-state index in [1.807, 2.05) is 11.8 Å². The van der Waals surface area contributed by atoms with E-state index < -0.39 is 5.97 Å². The van der Waals surface area contributed by atoms with Crippen LogP contribution in [-0.2, 0) is 17.6 Å². The molecule has 0 aliphatic carbocycles. The molecule has 1 aliphatic heterocycles. The minimum Gasteiger partial charge on any atom is -0.481 e. The summed E-state index contributed by atoms with van der Waals surface area (Å²) in [4.78, 5) is 21.4. The summed E-state index contributed by atoms with van der Waals surface area (Å²) >= 11 is 0. The Morgan fingerprint density at radius 2 is 2.18 bits per heavy atom. The van der Waals surface area contributed by atoms with Gasteiger partial charge in [-0.25, -0.2) is 4.98 Å². The number of rotatable bonds is 4. The molecule has 6 heteroatoms. The summed E-state index contributed by atoms with van der Waals surface area (Å²) in [6, 6.07) is 0. The van der Waals surface area contributed by atoms with E-state index in [1.54, 1.807) is 0 Å². The minimum absolute atomic E-state index is 0.116. The summed E-state index contributed by atoms with van der Waals surface area (Å²) in [5.41, 5.74) is 7.10. The smallest absolute Gasteiger partial charge is 0.308 e. The highest BCUT2D eigenvalue weighted by molar-refractivity contribution is 5.73. The maximum absolute atomic E-state index is 10.8. The first-order chi connectivity index (χ1) is 8.11. The molecule has 0 amide bonds. The maximum atomic E-state index is 10.8. The van der Waals surface area contributed by atoms with Gasteiger partial charge in [0.1, 0.15) is 5.82 Å². The van der Waals surface area contributed by atoms with Crippen LogP contribution in [0.4, 0.5) is 11.8 Å². The fourth-order valence-electron chi connectivity index (χ4n) is 1.83. The van der Waals surface area contributed by atoms with Crippen LogP contribution in [0.3, 0.4) is 0 Å². The molecule has 17 heavy (non-hydrogen) atoms. The van der Waals surface area contributed by atoms with Crippen LogP contribution in [0.5, 0.6) is 0 Å². The molecule has 3 N–H and O–H groups in total. The lowest BCUT2D eigenvalue weighted by Crippen LogP contribution is -2.38. The highest BCUT2D eigenvalue weighted by Gasteiger charge is 2.21. The molecule has 0 unspecified atom stereocenters. The van der Waals surface area contributed by atoms with Crippen molar-refractivity contribution in [3.63, 3.8) is 0 Å². The molecule has 1 aromatic heterocycles. The monoisotopic (exact) mass is 236 g/mol. The van der Waals surface area contributed by atoms with Crippen molar-refractivity contribution >= 4 is 17.7 Å². The summed E-state index contributed by atoms with van der Waals surface area (Å²) in [7, 11) is 0. The van der Waals surface area contributed by atoms with E-state index in [0.717, 1.165) is 25.2 Å². The van der Waals surface area contributed by atoms with Crippen LogP contribution in [0.1, 0.15) is 24.6 Å². The number of hydrogen-bond donors (Lipinski definition) is 2. The Balaban J connectivity index is 2.35. The maximum Gasteiger partial charge on any atom is 0.308 e. The van der Waals surface area contributed by atoms with Crippen molar-refractivity contribution in [1.29, 1.82) is 0 Å². The van der Waals surface area contributed by atoms with Crippen molar-refractivity contribution in [3.8, 4) is 0 Å². The Labute approximate surface area is 99.5 Å². The molecule has 92 valence electrons. The molecule has 1 saturated heterocycles. The standard InChI is InChI=1S/C11H16N4O2/c1-2-8-7(6-9(16)17)10(12)14-11(13-8)15-4-3-5-15/h2-6H2,1H3,(H,16,17)(H2,12,13,14). The highest BCUT2D eigenvalue weighted by Crippen LogP contribution is 2.22. The van der Waals surface area contributed by atoms with Crippen molar-refractivity contribution in [2.75, 3.05) is 23.7 Å². The van der Waals surface area contributed by atoms with Crippen molar-refractivity contribution in [1.82, 2.24) is 9.97 Å². The number of nitrogen functional groups attached to an aromatic ring is 1. The average molecular weight is 236 g/mol. The first-order valence-electron chi connectivity index (χ1n) is 5.73. The van der Waals surface area contributed by atoms with Gasteiger partial charge in [-0.05, 0) is 12.8 Å². The SMILES string of the molecule is CCc1nc(N2CCC2)nc(N)c1CC(=O)O. The topological polar surface area (TPSA) is 92.3 Å². The third-order valence-electron chi connectivity index (χ3n) is 2.91. The van der Waals surface area contributed by atoms with Crippen LogP contribution in [0.2, 0.25) is 0 Å². The fourth-order valence-corrected chi connectivity index (χ4v) is 1.83. The molecule has 2 rings (SSSR count). The van der Waals surface area contributed by atoms with Gasteiger partial charge in [0.2, 0.25) is 5.95 Å². The van der Waals surface area contributed by atoms with Crippen LogP contribution < -0.4 is 10.6 Å². The molecule has 0 atom stereocenters. The second-order valence-electron chi connectivity index (χ2n) is 4.10. The van der Waals surface area contributed by atoms with Gasteiger partial charge in [0.05, 0.1) is 12.1 Å². The Morgan fingerprint density at radius 1 is 1.47 bits per heavy atom. The molecule has 0 bridgehead atoms. The van der Waals surface area contributed by atoms with Crippen LogP contribution in [0, 0.1) is 0 Å². The number of carboxylic acid groups (broad SMARTS) is 1. The Hall–Kier alpha value is -1.85. The molecule has 0 spiro atoms. The van der Waals surface area contributed by atoms with E-state index >= 15 is 0 Å². The summed E-state index contributed by atoms with van der Waals surface area (Å²) in [6.45, 7) is 3.83. The predicted molar refractivity (Wildman–Crippen MR) is 64.0 cm³/mol. The zero-order valence-corrected chi connectivity index (χ0v) is 9.81. The molecular weight excluding hydrogens is 220 g/mol. The molecular formula is C11H16N4O2. The normalized spacial score (nSPS) is 14.5. The minimum atomic E-state index is -0.910. The van der Waals surface area contributed by atoms with Gasteiger partial charge in [0.25, 0.3) is 0 Å². The number of hydrogen-bond acceptors (Lipinski definition) is 5. The number of aryl methyl sites for hydroxylation is 1. The zero-order valence-electron chi connectivity index (χ0n) is 9.81. The van der Waals surface area contributed by atoms with Crippen molar-refractivity contribution in [3.05, 3.63) is 11.3 Å². The third-order valence-corrected chi connectivity index (χ3v) is 2.91. The molecule has 2 heterocycles. The third kappa shape index (κ3) is 2.30. The second kappa shape index (κ2) is 4.57. The van der Waals surface area contributed by atoms with Crippen LogP contribution >= 0.6 is 0 Å². The van der Waals surface area contributed by atoms with Crippen LogP contribution in [0.25, 0.3) is 0 Å². The molecule has 1 fully saturated rings. The van der Waals surface area contributed by atoms with E-state index in [1.165, 1.54) is 0 Å². The van der Waals surface area contributed by atoms with Gasteiger partial charge in [0, 0.05) is 18.7 Å². The van der Waals surface area contributed by atoms with E-state index in [2.05, 4.69) is 9.97 Å². The zero-order chi connectivity index (χ0) is 12.4. The Bertz CT molecular complexity index is 443. The van der Waals surface area contributed by atoms with Crippen molar-refractivity contribution in [2.45, 2.75) is 26.2 Å². The largest absolute Gasteiger partial charge is 0.481 e. The highest BCUT2D eigenvalue weighted by atomic mass is 16.4. The molecule has 0 saturated carbocycles. The van der Waals surface area contributed by atoms with Crippen LogP contribution in [-0.4, -0.2) is 34.1 Å². The van der Waals surface area contributed by atoms with Crippen LogP contribution in [0.15, 0.2) is 0 Å². The molecule has 1 aromatic rings. The fraction of sp³-hybridized carbons (Fsp3) is 0.545.